The molecule has 0 aliphatic carbocycles. The average molecular weight is 472 g/mol. The van der Waals surface area contributed by atoms with Gasteiger partial charge in [0, 0.05) is 57.3 Å². The van der Waals surface area contributed by atoms with Crippen LogP contribution in [0, 0.1) is 0 Å². The molecular formula is C28H49N5O. The van der Waals surface area contributed by atoms with E-state index in [1.165, 1.54) is 95.8 Å². The first-order valence-electron chi connectivity index (χ1n) is 14.2. The van der Waals surface area contributed by atoms with E-state index in [0.717, 1.165) is 25.6 Å². The van der Waals surface area contributed by atoms with Gasteiger partial charge < -0.3 is 14.5 Å². The van der Waals surface area contributed by atoms with E-state index in [4.69, 9.17) is 14.7 Å². The van der Waals surface area contributed by atoms with Crippen LogP contribution in [0.4, 0.5) is 5.95 Å². The topological polar surface area (TPSA) is 44.7 Å². The van der Waals surface area contributed by atoms with E-state index in [0.29, 0.717) is 24.0 Å². The molecule has 0 radical (unpaired) electrons. The third-order valence-electron chi connectivity index (χ3n) is 8.51. The zero-order valence-electron chi connectivity index (χ0n) is 22.1. The zero-order chi connectivity index (χ0) is 23.8. The maximum atomic E-state index is 5.12. The van der Waals surface area contributed by atoms with Crippen molar-refractivity contribution in [1.82, 2.24) is 19.8 Å². The molecule has 0 aromatic carbocycles. The predicted molar refractivity (Wildman–Crippen MR) is 141 cm³/mol. The number of ether oxygens (including phenoxy) is 1. The molecule has 3 saturated heterocycles. The number of methoxy groups -OCH3 is 1. The number of fused-ring (bicyclic) bond motifs is 2. The Morgan fingerprint density at radius 2 is 1.44 bits per heavy atom. The minimum Gasteiger partial charge on any atom is -0.385 e. The first kappa shape index (κ1) is 25.8. The monoisotopic (exact) mass is 471 g/mol. The fourth-order valence-corrected chi connectivity index (χ4v) is 6.31. The highest BCUT2D eigenvalue weighted by molar-refractivity contribution is 5.38. The molecule has 4 rings (SSSR count). The molecule has 3 aliphatic heterocycles. The molecule has 34 heavy (non-hydrogen) atoms. The first-order valence-corrected chi connectivity index (χ1v) is 14.2. The molecule has 3 aliphatic rings. The van der Waals surface area contributed by atoms with Crippen LogP contribution in [0.25, 0.3) is 0 Å². The minimum absolute atomic E-state index is 0.589. The number of anilines is 1. The first-order chi connectivity index (χ1) is 16.7. The smallest absolute Gasteiger partial charge is 0.225 e. The number of piperidine rings is 1. The summed E-state index contributed by atoms with van der Waals surface area (Å²) < 4.78 is 5.12. The van der Waals surface area contributed by atoms with Crippen LogP contribution in [0.15, 0.2) is 12.4 Å². The van der Waals surface area contributed by atoms with E-state index in [1.807, 2.05) is 0 Å². The third kappa shape index (κ3) is 6.92. The van der Waals surface area contributed by atoms with Gasteiger partial charge in [0.1, 0.15) is 0 Å². The lowest BCUT2D eigenvalue weighted by atomic mass is 9.91. The van der Waals surface area contributed by atoms with Gasteiger partial charge in [0.25, 0.3) is 0 Å². The quantitative estimate of drug-likeness (QED) is 0.373. The number of rotatable bonds is 13. The Bertz CT molecular complexity index is 689. The van der Waals surface area contributed by atoms with Crippen LogP contribution in [-0.2, 0) is 4.74 Å². The molecule has 0 saturated carbocycles. The Labute approximate surface area is 208 Å². The van der Waals surface area contributed by atoms with Crippen LogP contribution in [0.2, 0.25) is 0 Å². The largest absolute Gasteiger partial charge is 0.385 e. The Morgan fingerprint density at radius 1 is 0.853 bits per heavy atom. The van der Waals surface area contributed by atoms with Crippen molar-refractivity contribution in [3.05, 3.63) is 18.0 Å². The van der Waals surface area contributed by atoms with Gasteiger partial charge in [-0.1, -0.05) is 32.1 Å². The number of unbranched alkanes of at least 4 members (excludes halogenated alkanes) is 6. The highest BCUT2D eigenvalue weighted by Gasteiger charge is 2.41. The van der Waals surface area contributed by atoms with Crippen molar-refractivity contribution in [1.29, 1.82) is 0 Å². The van der Waals surface area contributed by atoms with Crippen molar-refractivity contribution in [2.45, 2.75) is 109 Å². The molecule has 6 heteroatoms. The highest BCUT2D eigenvalue weighted by Crippen LogP contribution is 2.34. The number of piperazine rings is 1. The molecule has 3 fully saturated rings. The highest BCUT2D eigenvalue weighted by atomic mass is 16.5. The summed E-state index contributed by atoms with van der Waals surface area (Å²) in [6, 6.07) is 1.81. The normalized spacial score (nSPS) is 24.4. The fourth-order valence-electron chi connectivity index (χ4n) is 6.31. The van der Waals surface area contributed by atoms with Gasteiger partial charge >= 0.3 is 0 Å². The Kier molecular flexibility index (Phi) is 10.0. The van der Waals surface area contributed by atoms with E-state index < -0.39 is 0 Å². The molecule has 6 nitrogen and oxygen atoms in total. The summed E-state index contributed by atoms with van der Waals surface area (Å²) in [6.07, 6.45) is 18.8. The molecule has 1 aromatic heterocycles. The summed E-state index contributed by atoms with van der Waals surface area (Å²) in [5.74, 6) is 1.60. The molecule has 2 atom stereocenters. The van der Waals surface area contributed by atoms with Crippen LogP contribution < -0.4 is 4.90 Å². The SMILES string of the molecule is COCCCCCCCCCN1CCC(c2cnc(N3C4CCC3CN(C(C)C)C4)nc2)CC1. The molecule has 4 heterocycles. The van der Waals surface area contributed by atoms with Crippen molar-refractivity contribution in [2.24, 2.45) is 0 Å². The summed E-state index contributed by atoms with van der Waals surface area (Å²) in [7, 11) is 1.80. The average Bonchev–Trinajstić information content (AvgIpc) is 3.12. The van der Waals surface area contributed by atoms with E-state index in [-0.39, 0.29) is 0 Å². The van der Waals surface area contributed by atoms with Gasteiger partial charge in [-0.3, -0.25) is 4.90 Å². The second kappa shape index (κ2) is 13.2. The molecule has 0 spiro atoms. The lowest BCUT2D eigenvalue weighted by Crippen LogP contribution is -2.56. The Morgan fingerprint density at radius 3 is 2.03 bits per heavy atom. The van der Waals surface area contributed by atoms with Gasteiger partial charge in [-0.2, -0.15) is 0 Å². The number of likely N-dealkylation sites (tertiary alicyclic amines) is 2. The van der Waals surface area contributed by atoms with Crippen molar-refractivity contribution in [3.8, 4) is 0 Å². The van der Waals surface area contributed by atoms with Crippen LogP contribution in [-0.4, -0.2) is 84.3 Å². The zero-order valence-corrected chi connectivity index (χ0v) is 22.1. The summed E-state index contributed by atoms with van der Waals surface area (Å²) >= 11 is 0. The van der Waals surface area contributed by atoms with Crippen LogP contribution in [0.3, 0.4) is 0 Å². The molecular weight excluding hydrogens is 422 g/mol. The number of hydrogen-bond donors (Lipinski definition) is 0. The van der Waals surface area contributed by atoms with Crippen molar-refractivity contribution >= 4 is 5.95 Å². The van der Waals surface area contributed by atoms with E-state index >= 15 is 0 Å². The van der Waals surface area contributed by atoms with E-state index in [1.54, 1.807) is 7.11 Å². The number of aromatic nitrogens is 2. The van der Waals surface area contributed by atoms with Crippen molar-refractivity contribution in [2.75, 3.05) is 51.3 Å². The van der Waals surface area contributed by atoms with Gasteiger partial charge in [0.2, 0.25) is 5.95 Å². The lowest BCUT2D eigenvalue weighted by molar-refractivity contribution is 0.176. The molecule has 0 N–H and O–H groups in total. The number of hydrogen-bond acceptors (Lipinski definition) is 6. The predicted octanol–water partition coefficient (Wildman–Crippen LogP) is 5.09. The molecule has 2 unspecified atom stereocenters. The fraction of sp³-hybridized carbons (Fsp3) is 0.857. The maximum absolute atomic E-state index is 5.12. The minimum atomic E-state index is 0.589. The summed E-state index contributed by atoms with van der Waals surface area (Å²) in [6.45, 7) is 11.6. The second-order valence-corrected chi connectivity index (χ2v) is 11.2. The van der Waals surface area contributed by atoms with Gasteiger partial charge in [-0.05, 0) is 83.5 Å². The summed E-state index contributed by atoms with van der Waals surface area (Å²) in [4.78, 5) is 17.6. The lowest BCUT2D eigenvalue weighted by Gasteiger charge is -2.42. The van der Waals surface area contributed by atoms with Gasteiger partial charge in [-0.25, -0.2) is 9.97 Å². The van der Waals surface area contributed by atoms with Crippen LogP contribution in [0.5, 0.6) is 0 Å². The van der Waals surface area contributed by atoms with Gasteiger partial charge in [-0.15, -0.1) is 0 Å². The standard InChI is InChI=1S/C28H49N5O/c1-23(2)32-21-26-11-12-27(22-32)33(26)28-29-19-25(20-30-28)24-13-16-31(17-14-24)15-9-7-5-4-6-8-10-18-34-3/h19-20,23-24,26-27H,4-18,21-22H2,1-3H3. The molecule has 1 aromatic rings. The maximum Gasteiger partial charge on any atom is 0.225 e. The van der Waals surface area contributed by atoms with E-state index in [2.05, 4.69) is 40.9 Å². The molecule has 0 amide bonds. The van der Waals surface area contributed by atoms with Crippen molar-refractivity contribution in [3.63, 3.8) is 0 Å². The van der Waals surface area contributed by atoms with Gasteiger partial charge in [0.15, 0.2) is 0 Å². The van der Waals surface area contributed by atoms with Crippen LogP contribution in [0.1, 0.15) is 96.0 Å². The van der Waals surface area contributed by atoms with E-state index in [9.17, 15) is 0 Å². The van der Waals surface area contributed by atoms with Gasteiger partial charge in [0.05, 0.1) is 0 Å². The Hall–Kier alpha value is -1.24. The number of nitrogens with zero attached hydrogens (tertiary/aromatic N) is 5. The third-order valence-corrected chi connectivity index (χ3v) is 8.51. The second-order valence-electron chi connectivity index (χ2n) is 11.2. The molecule has 192 valence electrons. The van der Waals surface area contributed by atoms with Crippen LogP contribution >= 0.6 is 0 Å². The van der Waals surface area contributed by atoms with Crippen molar-refractivity contribution < 1.29 is 4.74 Å². The summed E-state index contributed by atoms with van der Waals surface area (Å²) in [5.41, 5.74) is 1.35. The summed E-state index contributed by atoms with van der Waals surface area (Å²) in [5, 5.41) is 0. The Balaban J connectivity index is 1.14. The molecule has 2 bridgehead atoms.